The normalized spacial score (nSPS) is 11.8. The van der Waals surface area contributed by atoms with Gasteiger partial charge in [0, 0.05) is 18.5 Å². The number of amides is 2. The number of benzene rings is 2. The number of methoxy groups -OCH3 is 2. The van der Waals surface area contributed by atoms with E-state index < -0.39 is 6.04 Å². The molecule has 0 aliphatic heterocycles. The first-order chi connectivity index (χ1) is 17.1. The lowest BCUT2D eigenvalue weighted by molar-refractivity contribution is -0.142. The lowest BCUT2D eigenvalue weighted by Crippen LogP contribution is -2.45. The highest BCUT2D eigenvalue weighted by Gasteiger charge is 2.32. The molecule has 0 aliphatic carbocycles. The summed E-state index contributed by atoms with van der Waals surface area (Å²) in [5, 5.41) is 13.2. The van der Waals surface area contributed by atoms with Gasteiger partial charge in [0.2, 0.25) is 11.8 Å². The van der Waals surface area contributed by atoms with Gasteiger partial charge >= 0.3 is 0 Å². The smallest absolute Gasteiger partial charge is 0.247 e. The number of carbonyl (C=O) groups is 2. The summed E-state index contributed by atoms with van der Waals surface area (Å²) in [4.78, 5) is 29.8. The number of aromatic nitrogens is 3. The molecule has 1 N–H and O–H groups in total. The SMILES string of the molecule is COCCNC(=O)C(c1ccc(OC)cc1)N(Cc1cccs1)C(=O)Cn1nnc2ccccc21. The average Bonchev–Trinajstić information content (AvgIpc) is 3.54. The van der Waals surface area contributed by atoms with Crippen LogP contribution < -0.4 is 10.1 Å². The molecule has 2 aromatic carbocycles. The number of hydrogen-bond donors (Lipinski definition) is 1. The van der Waals surface area contributed by atoms with Crippen molar-refractivity contribution in [2.24, 2.45) is 0 Å². The standard InChI is InChI=1S/C25H27N5O4S/c1-33-14-13-26-25(32)24(18-9-11-19(34-2)12-10-18)29(16-20-6-5-15-35-20)23(31)17-30-22-8-4-3-7-21(22)27-28-30/h3-12,15,24H,13-14,16-17H2,1-2H3,(H,26,32). The molecular formula is C25H27N5O4S. The van der Waals surface area contributed by atoms with Crippen molar-refractivity contribution in [2.75, 3.05) is 27.4 Å². The summed E-state index contributed by atoms with van der Waals surface area (Å²) in [6, 6.07) is 17.6. The second-order valence-corrected chi connectivity index (χ2v) is 8.83. The van der Waals surface area contributed by atoms with E-state index in [-0.39, 0.29) is 24.9 Å². The van der Waals surface area contributed by atoms with E-state index in [9.17, 15) is 9.59 Å². The van der Waals surface area contributed by atoms with E-state index in [4.69, 9.17) is 9.47 Å². The van der Waals surface area contributed by atoms with Crippen LogP contribution in [0.5, 0.6) is 5.75 Å². The highest BCUT2D eigenvalue weighted by Crippen LogP contribution is 2.27. The summed E-state index contributed by atoms with van der Waals surface area (Å²) in [6.45, 7) is 0.920. The largest absolute Gasteiger partial charge is 0.497 e. The predicted molar refractivity (Wildman–Crippen MR) is 133 cm³/mol. The van der Waals surface area contributed by atoms with Crippen LogP contribution in [0.3, 0.4) is 0 Å². The Balaban J connectivity index is 1.69. The van der Waals surface area contributed by atoms with Crippen molar-refractivity contribution >= 4 is 34.2 Å². The quantitative estimate of drug-likeness (QED) is 0.323. The molecule has 1 unspecified atom stereocenters. The minimum absolute atomic E-state index is 0.0517. The molecule has 182 valence electrons. The van der Waals surface area contributed by atoms with Crippen LogP contribution in [0.15, 0.2) is 66.0 Å². The molecule has 2 heterocycles. The van der Waals surface area contributed by atoms with Crippen molar-refractivity contribution in [1.82, 2.24) is 25.2 Å². The van der Waals surface area contributed by atoms with Crippen LogP contribution >= 0.6 is 11.3 Å². The van der Waals surface area contributed by atoms with Gasteiger partial charge in [-0.1, -0.05) is 35.5 Å². The van der Waals surface area contributed by atoms with Crippen LogP contribution in [0, 0.1) is 0 Å². The van der Waals surface area contributed by atoms with Gasteiger partial charge in [-0.25, -0.2) is 4.68 Å². The van der Waals surface area contributed by atoms with Gasteiger partial charge in [0.05, 0.1) is 25.8 Å². The highest BCUT2D eigenvalue weighted by molar-refractivity contribution is 7.09. The lowest BCUT2D eigenvalue weighted by Gasteiger charge is -2.31. The molecule has 0 radical (unpaired) electrons. The maximum atomic E-state index is 13.8. The highest BCUT2D eigenvalue weighted by atomic mass is 32.1. The Morgan fingerprint density at radius 3 is 2.60 bits per heavy atom. The Morgan fingerprint density at radius 1 is 1.09 bits per heavy atom. The number of thiophene rings is 1. The summed E-state index contributed by atoms with van der Waals surface area (Å²) < 4.78 is 11.9. The van der Waals surface area contributed by atoms with Gasteiger partial charge in [-0.05, 0) is 41.3 Å². The maximum Gasteiger partial charge on any atom is 0.247 e. The van der Waals surface area contributed by atoms with Crippen molar-refractivity contribution in [2.45, 2.75) is 19.1 Å². The maximum absolute atomic E-state index is 13.8. The number of nitrogens with zero attached hydrogens (tertiary/aromatic N) is 4. The van der Waals surface area contributed by atoms with Gasteiger partial charge in [0.1, 0.15) is 23.9 Å². The average molecular weight is 494 g/mol. The van der Waals surface area contributed by atoms with Crippen molar-refractivity contribution < 1.29 is 19.1 Å². The third kappa shape index (κ3) is 5.84. The molecule has 2 aromatic heterocycles. The van der Waals surface area contributed by atoms with Gasteiger partial charge in [0.25, 0.3) is 0 Å². The number of carbonyl (C=O) groups excluding carboxylic acids is 2. The number of hydrogen-bond acceptors (Lipinski definition) is 7. The van der Waals surface area contributed by atoms with E-state index in [0.717, 1.165) is 10.4 Å². The molecule has 0 saturated heterocycles. The molecule has 0 aliphatic rings. The van der Waals surface area contributed by atoms with Crippen molar-refractivity contribution in [3.05, 3.63) is 76.5 Å². The number of ether oxygens (including phenoxy) is 2. The molecule has 35 heavy (non-hydrogen) atoms. The van der Waals surface area contributed by atoms with Crippen LogP contribution in [0.2, 0.25) is 0 Å². The van der Waals surface area contributed by atoms with E-state index in [1.54, 1.807) is 48.1 Å². The Hall–Kier alpha value is -3.76. The third-order valence-electron chi connectivity index (χ3n) is 5.53. The van der Waals surface area contributed by atoms with Crippen molar-refractivity contribution in [1.29, 1.82) is 0 Å². The third-order valence-corrected chi connectivity index (χ3v) is 6.39. The zero-order chi connectivity index (χ0) is 24.6. The Labute approximate surface area is 207 Å². The number of nitrogens with one attached hydrogen (secondary N) is 1. The van der Waals surface area contributed by atoms with Crippen molar-refractivity contribution in [3.8, 4) is 5.75 Å². The lowest BCUT2D eigenvalue weighted by atomic mass is 10.0. The van der Waals surface area contributed by atoms with Crippen LogP contribution in [-0.2, 0) is 27.4 Å². The minimum Gasteiger partial charge on any atom is -0.497 e. The number of fused-ring (bicyclic) bond motifs is 1. The summed E-state index contributed by atoms with van der Waals surface area (Å²) >= 11 is 1.53. The Morgan fingerprint density at radius 2 is 1.89 bits per heavy atom. The van der Waals surface area contributed by atoms with Crippen LogP contribution in [0.1, 0.15) is 16.5 Å². The first kappa shape index (κ1) is 24.4. The number of para-hydroxylation sites is 1. The predicted octanol–water partition coefficient (Wildman–Crippen LogP) is 3.03. The molecule has 4 rings (SSSR count). The molecule has 0 fully saturated rings. The van der Waals surface area contributed by atoms with Gasteiger partial charge in [-0.3, -0.25) is 9.59 Å². The molecule has 9 nitrogen and oxygen atoms in total. The topological polar surface area (TPSA) is 98.6 Å². The van der Waals surface area contributed by atoms with Crippen LogP contribution in [0.25, 0.3) is 11.0 Å². The fourth-order valence-electron chi connectivity index (χ4n) is 3.78. The first-order valence-corrected chi connectivity index (χ1v) is 12.0. The van der Waals surface area contributed by atoms with Gasteiger partial charge in [-0.15, -0.1) is 16.4 Å². The molecule has 0 saturated carbocycles. The van der Waals surface area contributed by atoms with E-state index in [0.29, 0.717) is 30.0 Å². The van der Waals surface area contributed by atoms with E-state index in [2.05, 4.69) is 15.6 Å². The van der Waals surface area contributed by atoms with Crippen LogP contribution in [-0.4, -0.2) is 59.1 Å². The zero-order valence-corrected chi connectivity index (χ0v) is 20.4. The molecule has 10 heteroatoms. The van der Waals surface area contributed by atoms with E-state index in [1.165, 1.54) is 11.3 Å². The summed E-state index contributed by atoms with van der Waals surface area (Å²) in [6.07, 6.45) is 0. The molecule has 1 atom stereocenters. The number of rotatable bonds is 11. The van der Waals surface area contributed by atoms with Gasteiger partial charge < -0.3 is 19.7 Å². The van der Waals surface area contributed by atoms with E-state index >= 15 is 0 Å². The summed E-state index contributed by atoms with van der Waals surface area (Å²) in [5.41, 5.74) is 2.13. The second kappa shape index (κ2) is 11.6. The van der Waals surface area contributed by atoms with Crippen molar-refractivity contribution in [3.63, 3.8) is 0 Å². The van der Waals surface area contributed by atoms with Gasteiger partial charge in [-0.2, -0.15) is 0 Å². The molecule has 0 bridgehead atoms. The molecular weight excluding hydrogens is 466 g/mol. The fraction of sp³-hybridized carbons (Fsp3) is 0.280. The first-order valence-electron chi connectivity index (χ1n) is 11.1. The zero-order valence-electron chi connectivity index (χ0n) is 19.6. The monoisotopic (exact) mass is 493 g/mol. The summed E-state index contributed by atoms with van der Waals surface area (Å²) in [7, 11) is 3.15. The molecule has 0 spiro atoms. The Kier molecular flexibility index (Phi) is 8.07. The van der Waals surface area contributed by atoms with Crippen LogP contribution in [0.4, 0.5) is 0 Å². The molecule has 4 aromatic rings. The van der Waals surface area contributed by atoms with E-state index in [1.807, 2.05) is 41.8 Å². The molecule has 2 amide bonds. The minimum atomic E-state index is -0.859. The summed E-state index contributed by atoms with van der Waals surface area (Å²) in [5.74, 6) is 0.120. The fourth-order valence-corrected chi connectivity index (χ4v) is 4.48. The second-order valence-electron chi connectivity index (χ2n) is 7.80. The Bertz CT molecular complexity index is 1260. The van der Waals surface area contributed by atoms with Gasteiger partial charge in [0.15, 0.2) is 0 Å².